The molecule has 0 bridgehead atoms. The van der Waals surface area contributed by atoms with Gasteiger partial charge in [-0.3, -0.25) is 4.90 Å². The van der Waals surface area contributed by atoms with Gasteiger partial charge in [0.15, 0.2) is 0 Å². The summed E-state index contributed by atoms with van der Waals surface area (Å²) in [4.78, 5) is 12.5. The Hall–Kier alpha value is -1.50. The predicted octanol–water partition coefficient (Wildman–Crippen LogP) is 3.05. The number of aromatic nitrogens is 2. The minimum absolute atomic E-state index is 0.0592. The summed E-state index contributed by atoms with van der Waals surface area (Å²) in [5.41, 5.74) is 3.03. The van der Waals surface area contributed by atoms with E-state index in [4.69, 9.17) is 9.47 Å². The van der Waals surface area contributed by atoms with Gasteiger partial charge in [0.1, 0.15) is 6.10 Å². The van der Waals surface area contributed by atoms with Crippen LogP contribution in [0.15, 0.2) is 29.9 Å². The number of aryl methyl sites for hydroxylation is 1. The lowest BCUT2D eigenvalue weighted by atomic mass is 9.89. The number of pyridine rings is 1. The van der Waals surface area contributed by atoms with Crippen LogP contribution in [0, 0.1) is 6.92 Å². The zero-order chi connectivity index (χ0) is 16.4. The molecule has 2 aliphatic rings. The number of nitrogens with zero attached hydrogens (tertiary/aromatic N) is 3. The van der Waals surface area contributed by atoms with Crippen LogP contribution >= 0.6 is 11.3 Å². The molecule has 2 saturated heterocycles. The first-order valence-electron chi connectivity index (χ1n) is 8.55. The van der Waals surface area contributed by atoms with Crippen molar-refractivity contribution in [2.24, 2.45) is 0 Å². The molecule has 4 rings (SSSR count). The van der Waals surface area contributed by atoms with Crippen molar-refractivity contribution >= 4 is 11.3 Å². The van der Waals surface area contributed by atoms with Crippen LogP contribution in [0.5, 0.6) is 5.88 Å². The Labute approximate surface area is 146 Å². The van der Waals surface area contributed by atoms with Gasteiger partial charge in [-0.05, 0) is 32.4 Å². The molecule has 0 aromatic carbocycles. The third kappa shape index (κ3) is 3.45. The number of thiazole rings is 1. The van der Waals surface area contributed by atoms with Gasteiger partial charge in [-0.15, -0.1) is 11.3 Å². The average Bonchev–Trinajstić information content (AvgIpc) is 3.16. The second-order valence-electron chi connectivity index (χ2n) is 6.78. The molecule has 0 radical (unpaired) electrons. The maximum Gasteiger partial charge on any atom is 0.213 e. The summed E-state index contributed by atoms with van der Waals surface area (Å²) >= 11 is 1.75. The predicted molar refractivity (Wildman–Crippen MR) is 93.3 cm³/mol. The Kier molecular flexibility index (Phi) is 4.52. The standard InChI is InChI=1S/C18H23N3O2S/c1-14-16(24-13-20-14)10-21-8-4-6-18(12-21)9-15(11-22-18)23-17-5-2-3-7-19-17/h2-3,5,7,13,15H,4,6,8-12H2,1H3/t15-,18+/m1/s1. The largest absolute Gasteiger partial charge is 0.472 e. The second kappa shape index (κ2) is 6.78. The van der Waals surface area contributed by atoms with Crippen LogP contribution in [0.2, 0.25) is 0 Å². The molecule has 2 aromatic heterocycles. The first kappa shape index (κ1) is 16.0. The van der Waals surface area contributed by atoms with Gasteiger partial charge >= 0.3 is 0 Å². The molecule has 0 unspecified atom stereocenters. The van der Waals surface area contributed by atoms with E-state index in [9.17, 15) is 0 Å². The highest BCUT2D eigenvalue weighted by molar-refractivity contribution is 7.09. The zero-order valence-corrected chi connectivity index (χ0v) is 14.8. The van der Waals surface area contributed by atoms with E-state index in [1.165, 1.54) is 11.3 Å². The molecule has 2 atom stereocenters. The van der Waals surface area contributed by atoms with Crippen molar-refractivity contribution in [3.8, 4) is 5.88 Å². The Morgan fingerprint density at radius 2 is 2.38 bits per heavy atom. The Morgan fingerprint density at radius 3 is 3.17 bits per heavy atom. The smallest absolute Gasteiger partial charge is 0.213 e. The van der Waals surface area contributed by atoms with Crippen molar-refractivity contribution in [2.75, 3.05) is 19.7 Å². The Balaban J connectivity index is 1.38. The highest BCUT2D eigenvalue weighted by Crippen LogP contribution is 2.36. The molecule has 2 aromatic rings. The maximum absolute atomic E-state index is 6.24. The third-order valence-corrected chi connectivity index (χ3v) is 5.85. The zero-order valence-electron chi connectivity index (χ0n) is 14.0. The highest BCUT2D eigenvalue weighted by Gasteiger charge is 2.44. The molecule has 0 amide bonds. The van der Waals surface area contributed by atoms with Crippen molar-refractivity contribution in [1.82, 2.24) is 14.9 Å². The van der Waals surface area contributed by atoms with Crippen LogP contribution in [-0.2, 0) is 11.3 Å². The van der Waals surface area contributed by atoms with Crippen LogP contribution in [0.1, 0.15) is 29.8 Å². The van der Waals surface area contributed by atoms with E-state index in [0.717, 1.165) is 38.2 Å². The fourth-order valence-electron chi connectivity index (χ4n) is 3.76. The summed E-state index contributed by atoms with van der Waals surface area (Å²) in [6, 6.07) is 5.76. The van der Waals surface area contributed by atoms with Crippen LogP contribution in [0.3, 0.4) is 0 Å². The number of likely N-dealkylation sites (tertiary alicyclic amines) is 1. The van der Waals surface area contributed by atoms with E-state index >= 15 is 0 Å². The van der Waals surface area contributed by atoms with Crippen LogP contribution < -0.4 is 4.74 Å². The lowest BCUT2D eigenvalue weighted by molar-refractivity contribution is -0.0537. The van der Waals surface area contributed by atoms with Crippen LogP contribution in [-0.4, -0.2) is 46.3 Å². The van der Waals surface area contributed by atoms with Gasteiger partial charge in [-0.25, -0.2) is 9.97 Å². The van der Waals surface area contributed by atoms with Gasteiger partial charge in [0.2, 0.25) is 5.88 Å². The minimum Gasteiger partial charge on any atom is -0.472 e. The van der Waals surface area contributed by atoms with Crippen molar-refractivity contribution in [2.45, 2.75) is 44.4 Å². The fraction of sp³-hybridized carbons (Fsp3) is 0.556. The molecule has 24 heavy (non-hydrogen) atoms. The van der Waals surface area contributed by atoms with Gasteiger partial charge in [0.25, 0.3) is 0 Å². The summed E-state index contributed by atoms with van der Waals surface area (Å²) in [7, 11) is 0. The third-order valence-electron chi connectivity index (χ3n) is 4.93. The summed E-state index contributed by atoms with van der Waals surface area (Å²) in [6.45, 7) is 5.84. The molecule has 0 N–H and O–H groups in total. The van der Waals surface area contributed by atoms with E-state index in [0.29, 0.717) is 12.5 Å². The van der Waals surface area contributed by atoms with Crippen molar-refractivity contribution < 1.29 is 9.47 Å². The summed E-state index contributed by atoms with van der Waals surface area (Å²) in [5, 5.41) is 0. The number of piperidine rings is 1. The SMILES string of the molecule is Cc1ncsc1CN1CCC[C@]2(C[C@@H](Oc3ccccn3)CO2)C1. The van der Waals surface area contributed by atoms with E-state index in [1.54, 1.807) is 17.5 Å². The van der Waals surface area contributed by atoms with Gasteiger partial charge in [0, 0.05) is 36.7 Å². The molecular formula is C18H23N3O2S. The normalized spacial score (nSPS) is 27.6. The first-order valence-corrected chi connectivity index (χ1v) is 9.43. The molecule has 128 valence electrons. The quantitative estimate of drug-likeness (QED) is 0.852. The van der Waals surface area contributed by atoms with E-state index in [2.05, 4.69) is 21.8 Å². The van der Waals surface area contributed by atoms with Gasteiger partial charge in [-0.1, -0.05) is 6.07 Å². The van der Waals surface area contributed by atoms with Crippen molar-refractivity contribution in [3.63, 3.8) is 0 Å². The lowest BCUT2D eigenvalue weighted by Gasteiger charge is -2.39. The summed E-state index contributed by atoms with van der Waals surface area (Å²) < 4.78 is 12.2. The average molecular weight is 345 g/mol. The topological polar surface area (TPSA) is 47.5 Å². The van der Waals surface area contributed by atoms with Crippen LogP contribution in [0.4, 0.5) is 0 Å². The summed E-state index contributed by atoms with van der Waals surface area (Å²) in [5.74, 6) is 0.691. The molecule has 0 saturated carbocycles. The number of rotatable bonds is 4. The molecule has 0 aliphatic carbocycles. The Morgan fingerprint density at radius 1 is 1.42 bits per heavy atom. The highest BCUT2D eigenvalue weighted by atomic mass is 32.1. The molecule has 1 spiro atoms. The molecule has 5 nitrogen and oxygen atoms in total. The van der Waals surface area contributed by atoms with Crippen molar-refractivity contribution in [1.29, 1.82) is 0 Å². The summed E-state index contributed by atoms with van der Waals surface area (Å²) in [6.07, 6.45) is 5.11. The minimum atomic E-state index is -0.0592. The van der Waals surface area contributed by atoms with Gasteiger partial charge in [0.05, 0.1) is 23.4 Å². The Bertz CT molecular complexity index is 678. The van der Waals surface area contributed by atoms with E-state index in [-0.39, 0.29) is 11.7 Å². The van der Waals surface area contributed by atoms with Gasteiger partial charge < -0.3 is 9.47 Å². The van der Waals surface area contributed by atoms with E-state index in [1.807, 2.05) is 23.7 Å². The lowest BCUT2D eigenvalue weighted by Crippen LogP contribution is -2.47. The van der Waals surface area contributed by atoms with Crippen LogP contribution in [0.25, 0.3) is 0 Å². The van der Waals surface area contributed by atoms with E-state index < -0.39 is 0 Å². The van der Waals surface area contributed by atoms with Gasteiger partial charge in [-0.2, -0.15) is 0 Å². The monoisotopic (exact) mass is 345 g/mol. The molecule has 2 fully saturated rings. The second-order valence-corrected chi connectivity index (χ2v) is 7.72. The molecule has 2 aliphatic heterocycles. The molecule has 4 heterocycles. The fourth-order valence-corrected chi connectivity index (χ4v) is 4.58. The number of hydrogen-bond acceptors (Lipinski definition) is 6. The maximum atomic E-state index is 6.24. The van der Waals surface area contributed by atoms with Crippen molar-refractivity contribution in [3.05, 3.63) is 40.5 Å². The molecular weight excluding hydrogens is 322 g/mol. The number of ether oxygens (including phenoxy) is 2. The first-order chi connectivity index (χ1) is 11.7. The molecule has 6 heteroatoms. The number of hydrogen-bond donors (Lipinski definition) is 0.